The van der Waals surface area contributed by atoms with E-state index in [9.17, 15) is 8.78 Å². The lowest BCUT2D eigenvalue weighted by Gasteiger charge is -2.26. The van der Waals surface area contributed by atoms with Crippen molar-refractivity contribution in [3.05, 3.63) is 52.6 Å². The summed E-state index contributed by atoms with van der Waals surface area (Å²) in [6.07, 6.45) is -0.773. The van der Waals surface area contributed by atoms with Crippen LogP contribution in [0.2, 0.25) is 5.15 Å². The Kier molecular flexibility index (Phi) is 6.72. The molecule has 4 rings (SSSR count). The number of hydrogen-bond donors (Lipinski definition) is 0. The van der Waals surface area contributed by atoms with Gasteiger partial charge in [0.1, 0.15) is 29.0 Å². The van der Waals surface area contributed by atoms with Crippen LogP contribution in [-0.4, -0.2) is 51.9 Å². The van der Waals surface area contributed by atoms with Crippen molar-refractivity contribution >= 4 is 26.1 Å². The number of halogens is 3. The molecule has 4 atom stereocenters. The van der Waals surface area contributed by atoms with Gasteiger partial charge in [0.2, 0.25) is 5.88 Å². The highest BCUT2D eigenvalue weighted by Gasteiger charge is 2.35. The number of likely N-dealkylation sites (N-methyl/N-ethyl adjacent to an activating group) is 1. The molecule has 0 spiro atoms. The Morgan fingerprint density at radius 2 is 2.06 bits per heavy atom. The standard InChI is InChI=1S/C23H26ClF2N4O2P/c1-12(16-8-13(25)11-30(16)4)31-20-10-19(24)27-22(28-20)15-9-18(32-29-15)23(2,3)21-14(26)6-5-7-17(21)33/h5-7,9-10,12-13,16H,8,11,33H2,1-4H3/t12-,13-,16-/m0/s1. The fraction of sp³-hybridized carbons (Fsp3) is 0.435. The number of likely N-dealkylation sites (tertiary alicyclic amines) is 1. The molecule has 0 aliphatic carbocycles. The van der Waals surface area contributed by atoms with Gasteiger partial charge in [0.05, 0.1) is 5.41 Å². The van der Waals surface area contributed by atoms with Crippen LogP contribution in [0.15, 0.2) is 34.9 Å². The van der Waals surface area contributed by atoms with Gasteiger partial charge in [-0.15, -0.1) is 9.24 Å². The molecule has 0 radical (unpaired) electrons. The van der Waals surface area contributed by atoms with Gasteiger partial charge in [-0.1, -0.05) is 28.9 Å². The lowest BCUT2D eigenvalue weighted by Crippen LogP contribution is -2.38. The Morgan fingerprint density at radius 1 is 1.30 bits per heavy atom. The molecule has 10 heteroatoms. The number of nitrogens with zero attached hydrogens (tertiary/aromatic N) is 4. The molecule has 3 aromatic rings. The van der Waals surface area contributed by atoms with Gasteiger partial charge < -0.3 is 9.26 Å². The normalized spacial score (nSPS) is 20.2. The largest absolute Gasteiger partial charge is 0.473 e. The molecule has 0 amide bonds. The van der Waals surface area contributed by atoms with Gasteiger partial charge in [-0.05, 0) is 45.6 Å². The average molecular weight is 495 g/mol. The van der Waals surface area contributed by atoms with Crippen LogP contribution >= 0.6 is 20.8 Å². The Balaban J connectivity index is 1.60. The molecule has 3 heterocycles. The van der Waals surface area contributed by atoms with Crippen molar-refractivity contribution in [1.82, 2.24) is 20.0 Å². The monoisotopic (exact) mass is 494 g/mol. The van der Waals surface area contributed by atoms with Crippen LogP contribution in [-0.2, 0) is 5.41 Å². The zero-order chi connectivity index (χ0) is 23.9. The maximum atomic E-state index is 14.6. The second kappa shape index (κ2) is 9.24. The zero-order valence-corrected chi connectivity index (χ0v) is 20.8. The number of alkyl halides is 1. The molecular weight excluding hydrogens is 469 g/mol. The molecule has 1 unspecified atom stereocenters. The van der Waals surface area contributed by atoms with Crippen LogP contribution in [0, 0.1) is 5.82 Å². The van der Waals surface area contributed by atoms with Crippen LogP contribution < -0.4 is 10.0 Å². The number of benzene rings is 1. The molecule has 1 aromatic carbocycles. The van der Waals surface area contributed by atoms with E-state index in [4.69, 9.17) is 20.9 Å². The Hall–Kier alpha value is -2.15. The molecule has 1 fully saturated rings. The topological polar surface area (TPSA) is 64.3 Å². The van der Waals surface area contributed by atoms with Crippen molar-refractivity contribution in [2.45, 2.75) is 50.9 Å². The summed E-state index contributed by atoms with van der Waals surface area (Å²) in [6, 6.07) is 8.00. The molecule has 0 N–H and O–H groups in total. The third kappa shape index (κ3) is 4.88. The van der Waals surface area contributed by atoms with Gasteiger partial charge in [0, 0.05) is 30.3 Å². The van der Waals surface area contributed by atoms with Gasteiger partial charge in [-0.2, -0.15) is 4.98 Å². The first-order valence-corrected chi connectivity index (χ1v) is 11.6. The summed E-state index contributed by atoms with van der Waals surface area (Å²) in [5.74, 6) is 0.602. The van der Waals surface area contributed by atoms with Gasteiger partial charge in [-0.3, -0.25) is 4.90 Å². The fourth-order valence-electron chi connectivity index (χ4n) is 4.35. The third-order valence-corrected chi connectivity index (χ3v) is 6.77. The first kappa shape index (κ1) is 24.0. The molecular formula is C23H26ClF2N4O2P. The predicted molar refractivity (Wildman–Crippen MR) is 126 cm³/mol. The molecule has 0 bridgehead atoms. The second-order valence-corrected chi connectivity index (χ2v) is 9.93. The third-order valence-electron chi connectivity index (χ3n) is 6.10. The van der Waals surface area contributed by atoms with E-state index in [2.05, 4.69) is 24.4 Å². The summed E-state index contributed by atoms with van der Waals surface area (Å²) in [4.78, 5) is 10.6. The lowest BCUT2D eigenvalue weighted by atomic mass is 9.81. The molecule has 1 aliphatic heterocycles. The van der Waals surface area contributed by atoms with Crippen molar-refractivity contribution in [2.75, 3.05) is 13.6 Å². The fourth-order valence-corrected chi connectivity index (χ4v) is 5.14. The highest BCUT2D eigenvalue weighted by atomic mass is 35.5. The number of hydrogen-bond acceptors (Lipinski definition) is 6. The van der Waals surface area contributed by atoms with E-state index in [-0.39, 0.29) is 34.8 Å². The summed E-state index contributed by atoms with van der Waals surface area (Å²) in [7, 11) is 4.42. The average Bonchev–Trinajstić information content (AvgIpc) is 3.34. The first-order valence-electron chi connectivity index (χ1n) is 10.6. The maximum absolute atomic E-state index is 14.6. The van der Waals surface area contributed by atoms with Crippen LogP contribution in [0.25, 0.3) is 11.5 Å². The molecule has 6 nitrogen and oxygen atoms in total. The highest BCUT2D eigenvalue weighted by molar-refractivity contribution is 7.27. The van der Waals surface area contributed by atoms with Crippen LogP contribution in [0.1, 0.15) is 38.5 Å². The van der Waals surface area contributed by atoms with Crippen LogP contribution in [0.5, 0.6) is 5.88 Å². The first-order chi connectivity index (χ1) is 15.6. The maximum Gasteiger partial charge on any atom is 0.218 e. The smallest absolute Gasteiger partial charge is 0.218 e. The predicted octanol–water partition coefficient (Wildman–Crippen LogP) is 4.56. The number of ether oxygens (including phenoxy) is 1. The van der Waals surface area contributed by atoms with E-state index in [1.54, 1.807) is 12.1 Å². The second-order valence-electron chi connectivity index (χ2n) is 8.92. The van der Waals surface area contributed by atoms with E-state index < -0.39 is 11.6 Å². The summed E-state index contributed by atoms with van der Waals surface area (Å²) >= 11 is 6.22. The minimum Gasteiger partial charge on any atom is -0.473 e. The summed E-state index contributed by atoms with van der Waals surface area (Å²) in [6.45, 7) is 5.97. The Bertz CT molecular complexity index is 1140. The van der Waals surface area contributed by atoms with Crippen molar-refractivity contribution in [3.8, 4) is 17.4 Å². The lowest BCUT2D eigenvalue weighted by molar-refractivity contribution is 0.117. The van der Waals surface area contributed by atoms with Crippen LogP contribution in [0.3, 0.4) is 0 Å². The minimum atomic E-state index is -0.871. The Labute approximate surface area is 198 Å². The molecule has 33 heavy (non-hydrogen) atoms. The van der Waals surface area contributed by atoms with E-state index >= 15 is 0 Å². The quantitative estimate of drug-likeness (QED) is 0.370. The summed E-state index contributed by atoms with van der Waals surface area (Å²) < 4.78 is 39.9. The summed E-state index contributed by atoms with van der Waals surface area (Å²) in [5, 5.41) is 5.00. The van der Waals surface area contributed by atoms with Gasteiger partial charge >= 0.3 is 0 Å². The molecule has 2 aromatic heterocycles. The summed E-state index contributed by atoms with van der Waals surface area (Å²) in [5.41, 5.74) is 0.0479. The van der Waals surface area contributed by atoms with Crippen molar-refractivity contribution in [2.24, 2.45) is 0 Å². The molecule has 176 valence electrons. The van der Waals surface area contributed by atoms with E-state index in [0.29, 0.717) is 30.0 Å². The highest BCUT2D eigenvalue weighted by Crippen LogP contribution is 2.35. The SMILES string of the molecule is C[C@H](Oc1cc(Cl)nc(-c2cc(C(C)(C)c3c(F)cccc3P)on2)n1)[C@@H]1C[C@H](F)CN1C. The van der Waals surface area contributed by atoms with Crippen molar-refractivity contribution < 1.29 is 18.0 Å². The molecule has 1 saturated heterocycles. The van der Waals surface area contributed by atoms with Gasteiger partial charge in [0.15, 0.2) is 11.5 Å². The van der Waals surface area contributed by atoms with E-state index in [0.717, 1.165) is 5.30 Å². The molecule has 1 aliphatic rings. The Morgan fingerprint density at radius 3 is 2.73 bits per heavy atom. The van der Waals surface area contributed by atoms with E-state index in [1.165, 1.54) is 12.1 Å². The minimum absolute atomic E-state index is 0.0708. The zero-order valence-electron chi connectivity index (χ0n) is 18.8. The number of aromatic nitrogens is 3. The number of rotatable bonds is 6. The van der Waals surface area contributed by atoms with Crippen LogP contribution in [0.4, 0.5) is 8.78 Å². The molecule has 0 saturated carbocycles. The van der Waals surface area contributed by atoms with Gasteiger partial charge in [0.25, 0.3) is 0 Å². The van der Waals surface area contributed by atoms with Crippen molar-refractivity contribution in [3.63, 3.8) is 0 Å². The van der Waals surface area contributed by atoms with E-state index in [1.807, 2.05) is 38.8 Å². The van der Waals surface area contributed by atoms with Crippen molar-refractivity contribution in [1.29, 1.82) is 0 Å². The van der Waals surface area contributed by atoms with Gasteiger partial charge in [-0.25, -0.2) is 13.8 Å².